The zero-order valence-corrected chi connectivity index (χ0v) is 16.4. The third-order valence-corrected chi connectivity index (χ3v) is 5.70. The molecule has 2 amide bonds. The van der Waals surface area contributed by atoms with E-state index in [1.165, 1.54) is 18.8 Å². The van der Waals surface area contributed by atoms with E-state index < -0.39 is 5.91 Å². The van der Waals surface area contributed by atoms with Crippen LogP contribution in [0.2, 0.25) is 0 Å². The molecule has 142 valence electrons. The Morgan fingerprint density at radius 2 is 1.85 bits per heavy atom. The highest BCUT2D eigenvalue weighted by Gasteiger charge is 2.18. The molecule has 0 atom stereocenters. The fraction of sp³-hybridized carbons (Fsp3) is 0.353. The first-order valence-corrected chi connectivity index (χ1v) is 9.83. The molecule has 1 aliphatic heterocycles. The van der Waals surface area contributed by atoms with Crippen LogP contribution in [0.1, 0.15) is 23.3 Å². The number of rotatable bonds is 3. The highest BCUT2D eigenvalue weighted by molar-refractivity contribution is 8.23. The van der Waals surface area contributed by atoms with Crippen LogP contribution in [0, 0.1) is 0 Å². The molecule has 3 rings (SSSR count). The first kappa shape index (κ1) is 19.3. The van der Waals surface area contributed by atoms with Gasteiger partial charge in [0.2, 0.25) is 5.91 Å². The summed E-state index contributed by atoms with van der Waals surface area (Å²) in [6, 6.07) is 6.71. The predicted octanol–water partition coefficient (Wildman–Crippen LogP) is 0.808. The van der Waals surface area contributed by atoms with Gasteiger partial charge in [0.05, 0.1) is 11.1 Å². The van der Waals surface area contributed by atoms with E-state index >= 15 is 0 Å². The molecule has 0 unspecified atom stereocenters. The van der Waals surface area contributed by atoms with Gasteiger partial charge in [-0.05, 0) is 18.9 Å². The number of thiocarbonyl (C=S) groups is 1. The Morgan fingerprint density at radius 1 is 1.19 bits per heavy atom. The van der Waals surface area contributed by atoms with Gasteiger partial charge in [0.15, 0.2) is 5.69 Å². The number of nitrogens with zero attached hydrogens (tertiary/aromatic N) is 3. The first-order chi connectivity index (χ1) is 13.0. The molecule has 8 nitrogen and oxygen atoms in total. The summed E-state index contributed by atoms with van der Waals surface area (Å²) in [5, 5.41) is 4.83. The lowest BCUT2D eigenvalue weighted by Gasteiger charge is -2.17. The van der Waals surface area contributed by atoms with Crippen LogP contribution in [0.5, 0.6) is 0 Å². The second-order valence-corrected chi connectivity index (χ2v) is 7.68. The van der Waals surface area contributed by atoms with Crippen molar-refractivity contribution >= 4 is 50.9 Å². The maximum absolute atomic E-state index is 12.4. The molecule has 10 heteroatoms. The van der Waals surface area contributed by atoms with Crippen LogP contribution in [0.25, 0.3) is 10.8 Å². The molecule has 0 saturated carbocycles. The molecule has 1 aromatic carbocycles. The lowest BCUT2D eigenvalue weighted by atomic mass is 10.1. The first-order valence-electron chi connectivity index (χ1n) is 8.44. The van der Waals surface area contributed by atoms with Crippen LogP contribution in [0.3, 0.4) is 0 Å². The number of amides is 2. The number of carbonyl (C=O) groups excluding carboxylic acids is 2. The molecule has 2 heterocycles. The van der Waals surface area contributed by atoms with Crippen LogP contribution in [-0.4, -0.2) is 49.7 Å². The summed E-state index contributed by atoms with van der Waals surface area (Å²) >= 11 is 6.57. The molecule has 1 aromatic heterocycles. The van der Waals surface area contributed by atoms with Gasteiger partial charge >= 0.3 is 0 Å². The topological polar surface area (TPSA) is 96.3 Å². The second kappa shape index (κ2) is 8.49. The molecule has 0 spiro atoms. The van der Waals surface area contributed by atoms with Gasteiger partial charge in [-0.15, -0.1) is 0 Å². The number of aryl methyl sites for hydroxylation is 1. The predicted molar refractivity (Wildman–Crippen MR) is 108 cm³/mol. The van der Waals surface area contributed by atoms with E-state index in [0.29, 0.717) is 15.1 Å². The lowest BCUT2D eigenvalue weighted by molar-refractivity contribution is -0.119. The van der Waals surface area contributed by atoms with E-state index in [1.807, 2.05) is 0 Å². The molecule has 1 saturated heterocycles. The number of benzene rings is 1. The van der Waals surface area contributed by atoms with Crippen molar-refractivity contribution in [2.45, 2.75) is 12.8 Å². The van der Waals surface area contributed by atoms with Gasteiger partial charge < -0.3 is 4.90 Å². The molecule has 0 radical (unpaired) electrons. The van der Waals surface area contributed by atoms with Crippen molar-refractivity contribution in [3.63, 3.8) is 0 Å². The monoisotopic (exact) mass is 405 g/mol. The number of hydrazine groups is 1. The molecule has 2 aromatic rings. The second-order valence-electron chi connectivity index (χ2n) is 6.07. The highest BCUT2D eigenvalue weighted by Crippen LogP contribution is 2.16. The van der Waals surface area contributed by atoms with Crippen LogP contribution >= 0.6 is 24.0 Å². The van der Waals surface area contributed by atoms with Crippen molar-refractivity contribution < 1.29 is 9.59 Å². The van der Waals surface area contributed by atoms with Crippen molar-refractivity contribution in [3.05, 3.63) is 40.3 Å². The van der Waals surface area contributed by atoms with Crippen molar-refractivity contribution in [2.24, 2.45) is 7.05 Å². The molecule has 0 aliphatic carbocycles. The summed E-state index contributed by atoms with van der Waals surface area (Å²) in [5.74, 6) is -0.858. The van der Waals surface area contributed by atoms with E-state index in [-0.39, 0.29) is 22.9 Å². The van der Waals surface area contributed by atoms with Crippen molar-refractivity contribution in [2.75, 3.05) is 18.8 Å². The molecule has 27 heavy (non-hydrogen) atoms. The third-order valence-electron chi connectivity index (χ3n) is 4.18. The Balaban J connectivity index is 1.60. The average Bonchev–Trinajstić information content (AvgIpc) is 3.22. The smallest absolute Gasteiger partial charge is 0.290 e. The number of aromatic nitrogens is 2. The van der Waals surface area contributed by atoms with Gasteiger partial charge in [-0.25, -0.2) is 4.68 Å². The average molecular weight is 406 g/mol. The van der Waals surface area contributed by atoms with Crippen molar-refractivity contribution in [1.82, 2.24) is 25.5 Å². The van der Waals surface area contributed by atoms with Crippen LogP contribution < -0.4 is 16.4 Å². The standard InChI is InChI=1S/C17H19N5O3S2/c1-21-16(25)12-7-3-2-6-11(12)14(20-21)15(24)19-18-13(23)10-27-17(26)22-8-4-5-9-22/h2-3,6-7H,4-5,8-10H2,1H3,(H,18,23)(H,19,24). The summed E-state index contributed by atoms with van der Waals surface area (Å²) in [5.41, 5.74) is 4.47. The van der Waals surface area contributed by atoms with Gasteiger partial charge in [-0.2, -0.15) is 5.10 Å². The number of nitrogens with one attached hydrogen (secondary N) is 2. The van der Waals surface area contributed by atoms with E-state index in [0.717, 1.165) is 30.6 Å². The number of likely N-dealkylation sites (tertiary alicyclic amines) is 1. The molecule has 2 N–H and O–H groups in total. The molecular weight excluding hydrogens is 386 g/mol. The summed E-state index contributed by atoms with van der Waals surface area (Å²) in [4.78, 5) is 38.6. The highest BCUT2D eigenvalue weighted by atomic mass is 32.2. The molecular formula is C17H19N5O3S2. The Labute approximate surface area is 165 Å². The van der Waals surface area contributed by atoms with Crippen LogP contribution in [0.15, 0.2) is 29.1 Å². The van der Waals surface area contributed by atoms with Gasteiger partial charge in [-0.3, -0.25) is 25.2 Å². The van der Waals surface area contributed by atoms with Crippen molar-refractivity contribution in [1.29, 1.82) is 0 Å². The number of hydrogen-bond donors (Lipinski definition) is 2. The minimum Gasteiger partial charge on any atom is -0.358 e. The fourth-order valence-electron chi connectivity index (χ4n) is 2.81. The maximum Gasteiger partial charge on any atom is 0.290 e. The van der Waals surface area contributed by atoms with E-state index in [2.05, 4.69) is 20.9 Å². The normalized spacial score (nSPS) is 13.6. The van der Waals surface area contributed by atoms with Gasteiger partial charge in [0.25, 0.3) is 11.5 Å². The Bertz CT molecular complexity index is 953. The zero-order chi connectivity index (χ0) is 19.4. The van der Waals surface area contributed by atoms with E-state index in [4.69, 9.17) is 12.2 Å². The number of thioether (sulfide) groups is 1. The quantitative estimate of drug-likeness (QED) is 0.576. The summed E-state index contributed by atoms with van der Waals surface area (Å²) in [6.07, 6.45) is 2.23. The SMILES string of the molecule is Cn1nc(C(=O)NNC(=O)CSC(=S)N2CCCC2)c2ccccc2c1=O. The zero-order valence-electron chi connectivity index (χ0n) is 14.7. The Morgan fingerprint density at radius 3 is 2.56 bits per heavy atom. The van der Waals surface area contributed by atoms with Gasteiger partial charge in [0, 0.05) is 25.5 Å². The summed E-state index contributed by atoms with van der Waals surface area (Å²) in [7, 11) is 1.47. The number of hydrogen-bond acceptors (Lipinski definition) is 6. The summed E-state index contributed by atoms with van der Waals surface area (Å²) < 4.78 is 1.79. The largest absolute Gasteiger partial charge is 0.358 e. The van der Waals surface area contributed by atoms with E-state index in [9.17, 15) is 14.4 Å². The minimum absolute atomic E-state index is 0.0632. The fourth-order valence-corrected chi connectivity index (χ4v) is 3.86. The maximum atomic E-state index is 12.4. The number of fused-ring (bicyclic) bond motifs is 1. The molecule has 0 bridgehead atoms. The minimum atomic E-state index is -0.595. The third kappa shape index (κ3) is 4.45. The molecule has 1 fully saturated rings. The molecule has 1 aliphatic rings. The van der Waals surface area contributed by atoms with Crippen molar-refractivity contribution in [3.8, 4) is 0 Å². The van der Waals surface area contributed by atoms with Crippen LogP contribution in [-0.2, 0) is 11.8 Å². The van der Waals surface area contributed by atoms with Gasteiger partial charge in [0.1, 0.15) is 4.32 Å². The Hall–Kier alpha value is -2.46. The number of carbonyl (C=O) groups is 2. The lowest BCUT2D eigenvalue weighted by Crippen LogP contribution is -2.43. The Kier molecular flexibility index (Phi) is 6.07. The van der Waals surface area contributed by atoms with Gasteiger partial charge in [-0.1, -0.05) is 42.2 Å². The summed E-state index contributed by atoms with van der Waals surface area (Å²) in [6.45, 7) is 1.85. The van der Waals surface area contributed by atoms with Crippen LogP contribution in [0.4, 0.5) is 0 Å². The van der Waals surface area contributed by atoms with E-state index in [1.54, 1.807) is 24.3 Å².